The van der Waals surface area contributed by atoms with E-state index in [0.29, 0.717) is 42.0 Å². The zero-order valence-corrected chi connectivity index (χ0v) is 24.1. The molecule has 0 saturated heterocycles. The van der Waals surface area contributed by atoms with Gasteiger partial charge in [0.05, 0.1) is 43.3 Å². The molecule has 1 fully saturated rings. The lowest BCUT2D eigenvalue weighted by Crippen LogP contribution is -2.32. The largest absolute Gasteiger partial charge is 0.382 e. The average Bonchev–Trinajstić information content (AvgIpc) is 3.51. The Morgan fingerprint density at radius 2 is 1.88 bits per heavy atom. The second-order valence-corrected chi connectivity index (χ2v) is 11.3. The number of nitrogens with one attached hydrogen (secondary N) is 1. The molecule has 0 bridgehead atoms. The number of nitrogens with two attached hydrogens (primary N) is 1. The molecule has 43 heavy (non-hydrogen) atoms. The van der Waals surface area contributed by atoms with E-state index in [2.05, 4.69) is 35.3 Å². The Morgan fingerprint density at radius 1 is 1.12 bits per heavy atom. The number of carbonyl (C=O) groups is 1. The van der Waals surface area contributed by atoms with Gasteiger partial charge < -0.3 is 20.5 Å². The monoisotopic (exact) mass is 579 g/mol. The van der Waals surface area contributed by atoms with Crippen LogP contribution in [0.15, 0.2) is 71.8 Å². The fourth-order valence-corrected chi connectivity index (χ4v) is 6.18. The summed E-state index contributed by atoms with van der Waals surface area (Å²) < 4.78 is 16.9. The summed E-state index contributed by atoms with van der Waals surface area (Å²) in [6.07, 6.45) is 3.78. The van der Waals surface area contributed by atoms with E-state index in [1.54, 1.807) is 4.68 Å². The first kappa shape index (κ1) is 27.1. The zero-order chi connectivity index (χ0) is 29.7. The van der Waals surface area contributed by atoms with Crippen molar-refractivity contribution in [2.24, 2.45) is 0 Å². The number of amides is 1. The quantitative estimate of drug-likeness (QED) is 0.293. The number of hydrogen-bond acceptors (Lipinski definition) is 7. The number of para-hydroxylation sites is 1. The second kappa shape index (κ2) is 10.8. The van der Waals surface area contributed by atoms with Gasteiger partial charge in [-0.2, -0.15) is 5.10 Å². The summed E-state index contributed by atoms with van der Waals surface area (Å²) in [5.41, 5.74) is 11.5. The number of ether oxygens (including phenoxy) is 2. The third kappa shape index (κ3) is 4.80. The molecule has 0 atom stereocenters. The standard InChI is InChI=1S/C32H33N7O4/c1-19(2)43-24-14-21(15-24)26-16-25(29-30(33)34-18-35-38(26)29)20-8-10-22(11-9-20)36-31(40)28-27-17-42-13-12-37(27)39(32(28)41)23-6-4-3-5-7-23/h3-11,16,18-19,21,24H,12-15,17H2,1-2H3,(H,36,40)(H2,33,34,35). The number of benzene rings is 2. The van der Waals surface area contributed by atoms with Crippen molar-refractivity contribution >= 4 is 22.9 Å². The smallest absolute Gasteiger partial charge is 0.284 e. The van der Waals surface area contributed by atoms with E-state index in [0.717, 1.165) is 35.2 Å². The number of rotatable bonds is 7. The summed E-state index contributed by atoms with van der Waals surface area (Å²) in [6.45, 7) is 5.25. The van der Waals surface area contributed by atoms with Gasteiger partial charge in [0.15, 0.2) is 5.82 Å². The van der Waals surface area contributed by atoms with Gasteiger partial charge >= 0.3 is 0 Å². The lowest BCUT2D eigenvalue weighted by Gasteiger charge is -2.36. The van der Waals surface area contributed by atoms with Crippen LogP contribution in [0.25, 0.3) is 22.3 Å². The molecule has 1 amide bonds. The lowest BCUT2D eigenvalue weighted by atomic mass is 9.80. The van der Waals surface area contributed by atoms with Crippen molar-refractivity contribution < 1.29 is 14.3 Å². The number of anilines is 2. The SMILES string of the molecule is CC(C)OC1CC(c2cc(-c3ccc(NC(=O)c4c5n(n(-c6ccccc6)c4=O)CCOC5)cc3)c3c(N)ncnn23)C1. The molecule has 11 nitrogen and oxygen atoms in total. The third-order valence-electron chi connectivity index (χ3n) is 8.20. The van der Waals surface area contributed by atoms with Gasteiger partial charge in [-0.1, -0.05) is 30.3 Å². The van der Waals surface area contributed by atoms with Crippen molar-refractivity contribution in [3.63, 3.8) is 0 Å². The van der Waals surface area contributed by atoms with Crippen molar-refractivity contribution in [3.8, 4) is 16.8 Å². The van der Waals surface area contributed by atoms with Crippen LogP contribution in [0.1, 0.15) is 54.4 Å². The molecule has 0 radical (unpaired) electrons. The van der Waals surface area contributed by atoms with Crippen LogP contribution in [0.5, 0.6) is 0 Å². The molecule has 2 aromatic carbocycles. The predicted molar refractivity (Wildman–Crippen MR) is 162 cm³/mol. The van der Waals surface area contributed by atoms with Crippen LogP contribution in [0.3, 0.4) is 0 Å². The van der Waals surface area contributed by atoms with E-state index in [1.165, 1.54) is 6.33 Å². The molecule has 5 aromatic rings. The molecular formula is C32H33N7O4. The number of nitrogen functional groups attached to an aromatic ring is 1. The van der Waals surface area contributed by atoms with E-state index in [9.17, 15) is 9.59 Å². The maximum atomic E-state index is 13.5. The Balaban J connectivity index is 1.17. The van der Waals surface area contributed by atoms with Crippen LogP contribution in [0.2, 0.25) is 0 Å². The van der Waals surface area contributed by atoms with Gasteiger partial charge in [0.2, 0.25) is 0 Å². The summed E-state index contributed by atoms with van der Waals surface area (Å²) in [6, 6.07) is 18.9. The fraction of sp³-hybridized carbons (Fsp3) is 0.312. The van der Waals surface area contributed by atoms with Gasteiger partial charge in [-0.25, -0.2) is 14.2 Å². The number of fused-ring (bicyclic) bond motifs is 2. The van der Waals surface area contributed by atoms with Gasteiger partial charge in [-0.3, -0.25) is 14.3 Å². The molecule has 1 saturated carbocycles. The highest BCUT2D eigenvalue weighted by atomic mass is 16.5. The minimum Gasteiger partial charge on any atom is -0.382 e. The van der Waals surface area contributed by atoms with Crippen molar-refractivity contribution in [2.45, 2.75) is 58.0 Å². The summed E-state index contributed by atoms with van der Waals surface area (Å²) in [5.74, 6) is 0.243. The van der Waals surface area contributed by atoms with Gasteiger partial charge in [0, 0.05) is 22.9 Å². The van der Waals surface area contributed by atoms with Crippen molar-refractivity contribution in [3.05, 3.63) is 94.3 Å². The Kier molecular flexibility index (Phi) is 6.83. The van der Waals surface area contributed by atoms with E-state index >= 15 is 0 Å². The summed E-state index contributed by atoms with van der Waals surface area (Å²) in [5, 5.41) is 7.43. The van der Waals surface area contributed by atoms with E-state index < -0.39 is 5.91 Å². The molecule has 2 aliphatic rings. The van der Waals surface area contributed by atoms with Crippen molar-refractivity contribution in [1.29, 1.82) is 0 Å². The molecule has 7 rings (SSSR count). The molecule has 0 unspecified atom stereocenters. The number of hydrogen-bond donors (Lipinski definition) is 2. The molecule has 0 spiro atoms. The zero-order valence-electron chi connectivity index (χ0n) is 24.1. The maximum absolute atomic E-state index is 13.5. The topological polar surface area (TPSA) is 131 Å². The molecule has 1 aliphatic heterocycles. The molecular weight excluding hydrogens is 546 g/mol. The Morgan fingerprint density at radius 3 is 2.63 bits per heavy atom. The van der Waals surface area contributed by atoms with Crippen LogP contribution in [0, 0.1) is 0 Å². The Hall–Kier alpha value is -4.74. The first-order valence-electron chi connectivity index (χ1n) is 14.6. The second-order valence-electron chi connectivity index (χ2n) is 11.3. The number of nitrogens with zero attached hydrogens (tertiary/aromatic N) is 5. The van der Waals surface area contributed by atoms with Crippen LogP contribution in [-0.4, -0.2) is 48.7 Å². The van der Waals surface area contributed by atoms with Gasteiger partial charge in [-0.05, 0) is 62.6 Å². The lowest BCUT2D eigenvalue weighted by molar-refractivity contribution is -0.0458. The molecule has 3 aromatic heterocycles. The minimum atomic E-state index is -0.473. The van der Waals surface area contributed by atoms with Crippen LogP contribution < -0.4 is 16.6 Å². The first-order valence-corrected chi connectivity index (χ1v) is 14.6. The third-order valence-corrected chi connectivity index (χ3v) is 8.20. The summed E-state index contributed by atoms with van der Waals surface area (Å²) >= 11 is 0. The fourth-order valence-electron chi connectivity index (χ4n) is 6.18. The Bertz CT molecular complexity index is 1870. The molecule has 11 heteroatoms. The van der Waals surface area contributed by atoms with Crippen molar-refractivity contribution in [1.82, 2.24) is 24.0 Å². The first-order chi connectivity index (χ1) is 20.9. The Labute approximate surface area is 247 Å². The normalized spacial score (nSPS) is 18.0. The number of carbonyl (C=O) groups excluding carboxylic acids is 1. The van der Waals surface area contributed by atoms with Crippen LogP contribution in [-0.2, 0) is 22.6 Å². The van der Waals surface area contributed by atoms with E-state index in [1.807, 2.05) is 63.8 Å². The van der Waals surface area contributed by atoms with Crippen LogP contribution in [0.4, 0.5) is 11.5 Å². The van der Waals surface area contributed by atoms with Crippen molar-refractivity contribution in [2.75, 3.05) is 17.7 Å². The van der Waals surface area contributed by atoms with Crippen LogP contribution >= 0.6 is 0 Å². The van der Waals surface area contributed by atoms with Gasteiger partial charge in [0.25, 0.3) is 11.5 Å². The van der Waals surface area contributed by atoms with E-state index in [-0.39, 0.29) is 29.9 Å². The highest BCUT2D eigenvalue weighted by Gasteiger charge is 2.35. The van der Waals surface area contributed by atoms with Gasteiger partial charge in [0.1, 0.15) is 17.4 Å². The highest BCUT2D eigenvalue weighted by Crippen LogP contribution is 2.42. The number of aromatic nitrogens is 5. The minimum absolute atomic E-state index is 0.0841. The van der Waals surface area contributed by atoms with Gasteiger partial charge in [-0.15, -0.1) is 0 Å². The molecule has 3 N–H and O–H groups in total. The summed E-state index contributed by atoms with van der Waals surface area (Å²) in [4.78, 5) is 31.3. The average molecular weight is 580 g/mol. The molecule has 220 valence electrons. The van der Waals surface area contributed by atoms with E-state index in [4.69, 9.17) is 15.2 Å². The highest BCUT2D eigenvalue weighted by molar-refractivity contribution is 6.05. The maximum Gasteiger partial charge on any atom is 0.284 e. The summed E-state index contributed by atoms with van der Waals surface area (Å²) in [7, 11) is 0. The predicted octanol–water partition coefficient (Wildman–Crippen LogP) is 4.38. The molecule has 1 aliphatic carbocycles. The molecule has 4 heterocycles.